The van der Waals surface area contributed by atoms with Gasteiger partial charge in [0.2, 0.25) is 0 Å². The van der Waals surface area contributed by atoms with Gasteiger partial charge in [-0.2, -0.15) is 0 Å². The summed E-state index contributed by atoms with van der Waals surface area (Å²) in [6.45, 7) is 0. The Morgan fingerprint density at radius 1 is 0.259 bits per heavy atom. The molecule has 0 saturated carbocycles. The van der Waals surface area contributed by atoms with Gasteiger partial charge in [0.25, 0.3) is 0 Å². The summed E-state index contributed by atoms with van der Waals surface area (Å²) in [6, 6.07) is 84.8. The van der Waals surface area contributed by atoms with E-state index in [1.54, 1.807) is 0 Å². The van der Waals surface area contributed by atoms with Crippen molar-refractivity contribution in [3.63, 3.8) is 0 Å². The Hall–Kier alpha value is -7.40. The zero-order chi connectivity index (χ0) is 38.7. The average molecular weight is 762 g/mol. The van der Waals surface area contributed by atoms with Crippen molar-refractivity contribution in [2.75, 3.05) is 14.7 Å². The third-order valence-electron chi connectivity index (χ3n) is 10.6. The molecular formula is C54H39N3S. The van der Waals surface area contributed by atoms with Gasteiger partial charge in [-0.15, -0.1) is 11.3 Å². The Bertz CT molecular complexity index is 2770. The topological polar surface area (TPSA) is 9.72 Å². The monoisotopic (exact) mass is 761 g/mol. The lowest BCUT2D eigenvalue weighted by Gasteiger charge is -2.31. The molecule has 0 aliphatic carbocycles. The number of thiophene rings is 1. The van der Waals surface area contributed by atoms with E-state index in [1.165, 1.54) is 20.2 Å². The van der Waals surface area contributed by atoms with Crippen LogP contribution in [-0.4, -0.2) is 0 Å². The van der Waals surface area contributed by atoms with E-state index in [-0.39, 0.29) is 0 Å². The molecule has 1 heterocycles. The van der Waals surface area contributed by atoms with Crippen molar-refractivity contribution in [3.8, 4) is 11.1 Å². The van der Waals surface area contributed by atoms with Crippen molar-refractivity contribution in [3.05, 3.63) is 237 Å². The number of nitrogens with zero attached hydrogens (tertiary/aromatic N) is 3. The zero-order valence-electron chi connectivity index (χ0n) is 31.8. The van der Waals surface area contributed by atoms with Crippen LogP contribution in [0.5, 0.6) is 0 Å². The van der Waals surface area contributed by atoms with Crippen LogP contribution in [0.2, 0.25) is 0 Å². The molecule has 276 valence electrons. The molecule has 0 unspecified atom stereocenters. The molecule has 0 aliphatic heterocycles. The van der Waals surface area contributed by atoms with Crippen LogP contribution >= 0.6 is 11.3 Å². The lowest BCUT2D eigenvalue weighted by atomic mass is 9.98. The first-order valence-corrected chi connectivity index (χ1v) is 20.4. The summed E-state index contributed by atoms with van der Waals surface area (Å²) in [5.41, 5.74) is 11.9. The summed E-state index contributed by atoms with van der Waals surface area (Å²) < 4.78 is 2.58. The van der Waals surface area contributed by atoms with Crippen molar-refractivity contribution in [2.24, 2.45) is 0 Å². The van der Waals surface area contributed by atoms with Gasteiger partial charge < -0.3 is 14.7 Å². The van der Waals surface area contributed by atoms with E-state index in [2.05, 4.69) is 251 Å². The van der Waals surface area contributed by atoms with E-state index in [0.717, 1.165) is 62.3 Å². The number of anilines is 9. The Balaban J connectivity index is 1.23. The van der Waals surface area contributed by atoms with Crippen molar-refractivity contribution in [1.82, 2.24) is 0 Å². The summed E-state index contributed by atoms with van der Waals surface area (Å²) in [5.74, 6) is 0. The second-order valence-electron chi connectivity index (χ2n) is 14.2. The lowest BCUT2D eigenvalue weighted by molar-refractivity contribution is 1.25. The summed E-state index contributed by atoms with van der Waals surface area (Å²) in [6.07, 6.45) is 0. The normalized spacial score (nSPS) is 11.1. The Kier molecular flexibility index (Phi) is 9.44. The third-order valence-corrected chi connectivity index (χ3v) is 11.7. The highest BCUT2D eigenvalue weighted by molar-refractivity contribution is 7.25. The van der Waals surface area contributed by atoms with Crippen LogP contribution < -0.4 is 14.7 Å². The molecular weight excluding hydrogens is 723 g/mol. The summed E-state index contributed by atoms with van der Waals surface area (Å²) >= 11 is 1.85. The maximum atomic E-state index is 2.41. The first-order valence-electron chi connectivity index (χ1n) is 19.6. The highest BCUT2D eigenvalue weighted by atomic mass is 32.1. The predicted molar refractivity (Wildman–Crippen MR) is 249 cm³/mol. The molecule has 0 radical (unpaired) electrons. The van der Waals surface area contributed by atoms with E-state index >= 15 is 0 Å². The number of benzene rings is 9. The Labute approximate surface area is 343 Å². The van der Waals surface area contributed by atoms with Gasteiger partial charge in [-0.25, -0.2) is 0 Å². The summed E-state index contributed by atoms with van der Waals surface area (Å²) in [4.78, 5) is 7.12. The highest BCUT2D eigenvalue weighted by Gasteiger charge is 2.23. The molecule has 9 aromatic carbocycles. The second kappa shape index (κ2) is 15.6. The molecule has 0 atom stereocenters. The second-order valence-corrected chi connectivity index (χ2v) is 15.3. The molecule has 3 nitrogen and oxygen atoms in total. The van der Waals surface area contributed by atoms with Crippen molar-refractivity contribution < 1.29 is 0 Å². The molecule has 10 rings (SSSR count). The fourth-order valence-corrected chi connectivity index (χ4v) is 9.07. The fraction of sp³-hybridized carbons (Fsp3) is 0. The smallest absolute Gasteiger partial charge is 0.0540 e. The molecule has 0 amide bonds. The van der Waals surface area contributed by atoms with Crippen LogP contribution in [0.25, 0.3) is 31.3 Å². The molecule has 4 heteroatoms. The first kappa shape index (κ1) is 35.0. The SMILES string of the molecule is c1ccc(N(c2ccccc2)c2cc(-c3ccccc3N(c3ccccc3)c3ccc4sc5ccccc5c4c3)cc(N(c3ccccc3)c3ccccc3)c2)cc1. The maximum Gasteiger partial charge on any atom is 0.0540 e. The minimum absolute atomic E-state index is 1.05. The molecule has 0 aliphatic rings. The molecule has 0 spiro atoms. The zero-order valence-corrected chi connectivity index (χ0v) is 32.6. The largest absolute Gasteiger partial charge is 0.310 e. The van der Waals surface area contributed by atoms with Gasteiger partial charge in [-0.3, -0.25) is 0 Å². The molecule has 0 bridgehead atoms. The van der Waals surface area contributed by atoms with Gasteiger partial charge in [0.05, 0.1) is 5.69 Å². The number of rotatable bonds is 10. The number of hydrogen-bond acceptors (Lipinski definition) is 4. The van der Waals surface area contributed by atoms with Crippen LogP contribution in [0.15, 0.2) is 237 Å². The van der Waals surface area contributed by atoms with Crippen molar-refractivity contribution in [2.45, 2.75) is 0 Å². The highest BCUT2D eigenvalue weighted by Crippen LogP contribution is 2.47. The molecule has 1 aromatic heterocycles. The molecule has 10 aromatic rings. The average Bonchev–Trinajstić information content (AvgIpc) is 3.67. The van der Waals surface area contributed by atoms with Crippen LogP contribution in [-0.2, 0) is 0 Å². The van der Waals surface area contributed by atoms with Crippen molar-refractivity contribution >= 4 is 82.7 Å². The van der Waals surface area contributed by atoms with Crippen LogP contribution in [0, 0.1) is 0 Å². The van der Waals surface area contributed by atoms with Crippen LogP contribution in [0.4, 0.5) is 51.2 Å². The van der Waals surface area contributed by atoms with E-state index in [1.807, 2.05) is 11.3 Å². The molecule has 0 fully saturated rings. The lowest BCUT2D eigenvalue weighted by Crippen LogP contribution is -2.14. The Morgan fingerprint density at radius 3 is 1.19 bits per heavy atom. The van der Waals surface area contributed by atoms with E-state index < -0.39 is 0 Å². The number of hydrogen-bond donors (Lipinski definition) is 0. The summed E-state index contributed by atoms with van der Waals surface area (Å²) in [7, 11) is 0. The quantitative estimate of drug-likeness (QED) is 0.137. The standard InChI is InChI=1S/C54H39N3S/c1-6-20-41(21-7-1)55(42-22-8-2-9-23-42)47-36-40(37-48(38-47)56(43-24-10-3-11-25-43)44-26-12-4-13-27-44)49-30-16-18-32-52(49)57(45-28-14-5-15-29-45)46-34-35-54-51(39-46)50-31-17-19-33-53(50)58-54/h1-39H. The maximum absolute atomic E-state index is 2.41. The van der Waals surface area contributed by atoms with Gasteiger partial charge in [-0.1, -0.05) is 127 Å². The van der Waals surface area contributed by atoms with Gasteiger partial charge in [-0.05, 0) is 115 Å². The first-order chi connectivity index (χ1) is 28.8. The number of fused-ring (bicyclic) bond motifs is 3. The predicted octanol–water partition coefficient (Wildman–Crippen LogP) is 16.1. The van der Waals surface area contributed by atoms with E-state index in [0.29, 0.717) is 0 Å². The minimum atomic E-state index is 1.05. The van der Waals surface area contributed by atoms with Crippen LogP contribution in [0.3, 0.4) is 0 Å². The molecule has 0 N–H and O–H groups in total. The van der Waals surface area contributed by atoms with Gasteiger partial charge in [0.1, 0.15) is 0 Å². The molecule has 58 heavy (non-hydrogen) atoms. The minimum Gasteiger partial charge on any atom is -0.310 e. The van der Waals surface area contributed by atoms with Gasteiger partial charge >= 0.3 is 0 Å². The van der Waals surface area contributed by atoms with Gasteiger partial charge in [0, 0.05) is 71.2 Å². The summed E-state index contributed by atoms with van der Waals surface area (Å²) in [5, 5.41) is 2.55. The van der Waals surface area contributed by atoms with E-state index in [9.17, 15) is 0 Å². The number of para-hydroxylation sites is 6. The van der Waals surface area contributed by atoms with E-state index in [4.69, 9.17) is 0 Å². The Morgan fingerprint density at radius 2 is 0.672 bits per heavy atom. The third kappa shape index (κ3) is 6.76. The van der Waals surface area contributed by atoms with Crippen LogP contribution in [0.1, 0.15) is 0 Å². The molecule has 0 saturated heterocycles. The fourth-order valence-electron chi connectivity index (χ4n) is 7.98. The van der Waals surface area contributed by atoms with Gasteiger partial charge in [0.15, 0.2) is 0 Å². The van der Waals surface area contributed by atoms with Crippen molar-refractivity contribution in [1.29, 1.82) is 0 Å².